The zero-order chi connectivity index (χ0) is 24.5. The van der Waals surface area contributed by atoms with Crippen LogP contribution in [0, 0.1) is 0 Å². The molecule has 5 nitrogen and oxygen atoms in total. The Morgan fingerprint density at radius 1 is 1.09 bits per heavy atom. The van der Waals surface area contributed by atoms with Crippen LogP contribution >= 0.6 is 39.1 Å². The molecule has 0 aliphatic carbocycles. The number of aromatic nitrogens is 2. The number of para-hydroxylation sites is 1. The van der Waals surface area contributed by atoms with E-state index in [2.05, 4.69) is 21.0 Å². The summed E-state index contributed by atoms with van der Waals surface area (Å²) in [7, 11) is 0. The number of ether oxygens (including phenoxy) is 1. The highest BCUT2D eigenvalue weighted by atomic mass is 79.9. The van der Waals surface area contributed by atoms with E-state index >= 15 is 0 Å². The van der Waals surface area contributed by atoms with E-state index in [1.54, 1.807) is 24.4 Å². The van der Waals surface area contributed by atoms with Gasteiger partial charge in [-0.2, -0.15) is 9.78 Å². The van der Waals surface area contributed by atoms with E-state index in [0.717, 1.165) is 10.0 Å². The Morgan fingerprint density at radius 3 is 2.59 bits per heavy atom. The molecule has 0 bridgehead atoms. The number of benzene rings is 3. The highest BCUT2D eigenvalue weighted by Crippen LogP contribution is 2.25. The molecule has 0 fully saturated rings. The van der Waals surface area contributed by atoms with E-state index in [4.69, 9.17) is 32.9 Å². The minimum absolute atomic E-state index is 0.237. The van der Waals surface area contributed by atoms with E-state index in [0.29, 0.717) is 38.1 Å². The molecule has 174 valence electrons. The van der Waals surface area contributed by atoms with Crippen LogP contribution in [-0.2, 0) is 12.0 Å². The molecule has 3 aromatic carbocycles. The molecule has 4 aromatic rings. The van der Waals surface area contributed by atoms with E-state index in [1.165, 1.54) is 4.68 Å². The molecule has 0 spiro atoms. The third-order valence-electron chi connectivity index (χ3n) is 5.11. The van der Waals surface area contributed by atoms with Crippen LogP contribution in [0.2, 0.25) is 10.0 Å². The van der Waals surface area contributed by atoms with Gasteiger partial charge in [0.25, 0.3) is 5.56 Å². The molecule has 0 atom stereocenters. The van der Waals surface area contributed by atoms with E-state index in [9.17, 15) is 4.79 Å². The summed E-state index contributed by atoms with van der Waals surface area (Å²) < 4.78 is 8.18. The first-order valence-electron chi connectivity index (χ1n) is 10.6. The highest BCUT2D eigenvalue weighted by molar-refractivity contribution is 9.10. The van der Waals surface area contributed by atoms with Crippen molar-refractivity contribution in [1.29, 1.82) is 0 Å². The molecule has 0 aliphatic rings. The van der Waals surface area contributed by atoms with Crippen molar-refractivity contribution in [2.75, 3.05) is 0 Å². The van der Waals surface area contributed by atoms with Crippen LogP contribution < -0.4 is 10.3 Å². The standard InChI is InChI=1S/C26H22BrCl2N3O2/c1-26(2,3)25-31-22-11-9-18(27)12-20(22)24(33)32(25)30-14-16-6-4-5-7-23(16)34-15-17-8-10-19(28)13-21(17)29/h4-14H,15H2,1-3H3. The molecular formula is C26H22BrCl2N3O2. The Labute approximate surface area is 216 Å². The first-order chi connectivity index (χ1) is 16.1. The summed E-state index contributed by atoms with van der Waals surface area (Å²) in [6.45, 7) is 6.26. The molecule has 4 rings (SSSR count). The van der Waals surface area contributed by atoms with Crippen molar-refractivity contribution in [2.45, 2.75) is 32.8 Å². The summed E-state index contributed by atoms with van der Waals surface area (Å²) in [4.78, 5) is 18.1. The number of hydrogen-bond donors (Lipinski definition) is 0. The number of fused-ring (bicyclic) bond motifs is 1. The van der Waals surface area contributed by atoms with Crippen molar-refractivity contribution in [3.8, 4) is 5.75 Å². The van der Waals surface area contributed by atoms with Crippen molar-refractivity contribution in [1.82, 2.24) is 9.66 Å². The lowest BCUT2D eigenvalue weighted by Crippen LogP contribution is -2.29. The maximum Gasteiger partial charge on any atom is 0.282 e. The summed E-state index contributed by atoms with van der Waals surface area (Å²) in [5.74, 6) is 1.18. The fraction of sp³-hybridized carbons (Fsp3) is 0.192. The lowest BCUT2D eigenvalue weighted by atomic mass is 9.95. The van der Waals surface area contributed by atoms with E-state index in [1.807, 2.05) is 63.2 Å². The molecular weight excluding hydrogens is 537 g/mol. The molecule has 1 heterocycles. The summed E-state index contributed by atoms with van der Waals surface area (Å²) in [6, 6.07) is 18.2. The van der Waals surface area contributed by atoms with Gasteiger partial charge in [-0.25, -0.2) is 4.98 Å². The Bertz CT molecular complexity index is 1460. The molecule has 0 N–H and O–H groups in total. The maximum atomic E-state index is 13.4. The predicted octanol–water partition coefficient (Wildman–Crippen LogP) is 7.22. The number of halogens is 3. The molecule has 0 saturated heterocycles. The lowest BCUT2D eigenvalue weighted by molar-refractivity contribution is 0.306. The van der Waals surface area contributed by atoms with Crippen LogP contribution in [0.15, 0.2) is 75.0 Å². The predicted molar refractivity (Wildman–Crippen MR) is 143 cm³/mol. The van der Waals surface area contributed by atoms with Gasteiger partial charge in [-0.1, -0.05) is 78.1 Å². The second-order valence-electron chi connectivity index (χ2n) is 8.77. The van der Waals surface area contributed by atoms with Gasteiger partial charge >= 0.3 is 0 Å². The molecule has 1 aromatic heterocycles. The van der Waals surface area contributed by atoms with Crippen LogP contribution in [0.5, 0.6) is 5.75 Å². The quantitative estimate of drug-likeness (QED) is 0.243. The van der Waals surface area contributed by atoms with Gasteiger partial charge in [0, 0.05) is 31.1 Å². The molecule has 0 amide bonds. The highest BCUT2D eigenvalue weighted by Gasteiger charge is 2.23. The SMILES string of the molecule is CC(C)(C)c1nc2ccc(Br)cc2c(=O)n1N=Cc1ccccc1OCc1ccc(Cl)cc1Cl. The third kappa shape index (κ3) is 5.35. The largest absolute Gasteiger partial charge is 0.488 e. The third-order valence-corrected chi connectivity index (χ3v) is 6.19. The monoisotopic (exact) mass is 557 g/mol. The lowest BCUT2D eigenvalue weighted by Gasteiger charge is -2.21. The summed E-state index contributed by atoms with van der Waals surface area (Å²) in [5.41, 5.74) is 1.52. The van der Waals surface area contributed by atoms with Crippen LogP contribution in [0.3, 0.4) is 0 Å². The van der Waals surface area contributed by atoms with Crippen molar-refractivity contribution < 1.29 is 4.74 Å². The second kappa shape index (κ2) is 9.90. The molecule has 34 heavy (non-hydrogen) atoms. The molecule has 0 saturated carbocycles. The second-order valence-corrected chi connectivity index (χ2v) is 10.5. The van der Waals surface area contributed by atoms with Gasteiger partial charge in [-0.15, -0.1) is 0 Å². The van der Waals surface area contributed by atoms with Crippen LogP contribution in [0.4, 0.5) is 0 Å². The normalized spacial score (nSPS) is 11.9. The minimum Gasteiger partial charge on any atom is -0.488 e. The van der Waals surface area contributed by atoms with Gasteiger partial charge in [0.2, 0.25) is 0 Å². The minimum atomic E-state index is -0.404. The maximum absolute atomic E-state index is 13.4. The van der Waals surface area contributed by atoms with Gasteiger partial charge in [0.15, 0.2) is 0 Å². The Balaban J connectivity index is 1.72. The molecule has 0 unspecified atom stereocenters. The van der Waals surface area contributed by atoms with Crippen molar-refractivity contribution in [2.24, 2.45) is 5.10 Å². The number of nitrogens with zero attached hydrogens (tertiary/aromatic N) is 3. The Morgan fingerprint density at radius 2 is 1.85 bits per heavy atom. The fourth-order valence-electron chi connectivity index (χ4n) is 3.37. The summed E-state index contributed by atoms with van der Waals surface area (Å²) in [6.07, 6.45) is 1.61. The molecule has 0 aliphatic heterocycles. The van der Waals surface area contributed by atoms with Gasteiger partial charge in [0.1, 0.15) is 18.2 Å². The topological polar surface area (TPSA) is 56.5 Å². The first-order valence-corrected chi connectivity index (χ1v) is 12.1. The summed E-state index contributed by atoms with van der Waals surface area (Å²) >= 11 is 15.7. The van der Waals surface area contributed by atoms with Crippen molar-refractivity contribution >= 4 is 56.2 Å². The van der Waals surface area contributed by atoms with Gasteiger partial charge in [0.05, 0.1) is 17.1 Å². The molecule has 8 heteroatoms. The van der Waals surface area contributed by atoms with E-state index in [-0.39, 0.29) is 12.2 Å². The van der Waals surface area contributed by atoms with Gasteiger partial charge in [-0.3, -0.25) is 4.79 Å². The summed E-state index contributed by atoms with van der Waals surface area (Å²) in [5, 5.41) is 6.13. The average molecular weight is 559 g/mol. The Kier molecular flexibility index (Phi) is 7.12. The van der Waals surface area contributed by atoms with Crippen LogP contribution in [0.25, 0.3) is 10.9 Å². The van der Waals surface area contributed by atoms with Crippen LogP contribution in [0.1, 0.15) is 37.7 Å². The first kappa shape index (κ1) is 24.5. The van der Waals surface area contributed by atoms with Crippen molar-refractivity contribution in [3.63, 3.8) is 0 Å². The number of hydrogen-bond acceptors (Lipinski definition) is 4. The average Bonchev–Trinajstić information content (AvgIpc) is 2.78. The zero-order valence-corrected chi connectivity index (χ0v) is 21.9. The zero-order valence-electron chi connectivity index (χ0n) is 18.8. The Hall–Kier alpha value is -2.67. The van der Waals surface area contributed by atoms with Crippen LogP contribution in [-0.4, -0.2) is 15.9 Å². The fourth-order valence-corrected chi connectivity index (χ4v) is 4.20. The number of rotatable bonds is 5. The van der Waals surface area contributed by atoms with Gasteiger partial charge in [-0.05, 0) is 42.5 Å². The molecule has 0 radical (unpaired) electrons. The van der Waals surface area contributed by atoms with Gasteiger partial charge < -0.3 is 4.74 Å². The van der Waals surface area contributed by atoms with Crippen molar-refractivity contribution in [3.05, 3.63) is 102 Å². The smallest absolute Gasteiger partial charge is 0.282 e. The van der Waals surface area contributed by atoms with E-state index < -0.39 is 5.41 Å².